The standard InChI is InChI=1S/C29H22Cl2N2O2/c1-2-19-7-11-23(12-8-19)33-29(34)22(17-32)16-25-24-6-4-3-5-21(24)10-14-28(25)35-18-20-9-13-26(30)27(31)15-20/h3-16H,2,18H2,1H3,(H,33,34)/b22-16+. The Balaban J connectivity index is 1.67. The minimum absolute atomic E-state index is 0.0275. The van der Waals surface area contributed by atoms with Gasteiger partial charge in [-0.2, -0.15) is 5.26 Å². The number of nitrogens with zero attached hydrogens (tertiary/aromatic N) is 1. The average Bonchev–Trinajstić information content (AvgIpc) is 2.88. The van der Waals surface area contributed by atoms with Gasteiger partial charge in [0.15, 0.2) is 0 Å². The van der Waals surface area contributed by atoms with Crippen LogP contribution in [0.2, 0.25) is 10.0 Å². The molecule has 0 bridgehead atoms. The van der Waals surface area contributed by atoms with Crippen LogP contribution in [0.25, 0.3) is 16.8 Å². The number of carbonyl (C=O) groups excluding carboxylic acids is 1. The van der Waals surface area contributed by atoms with Crippen molar-refractivity contribution in [3.8, 4) is 11.8 Å². The minimum atomic E-state index is -0.486. The van der Waals surface area contributed by atoms with Gasteiger partial charge < -0.3 is 10.1 Å². The lowest BCUT2D eigenvalue weighted by Gasteiger charge is -2.13. The molecule has 0 saturated carbocycles. The molecule has 4 aromatic carbocycles. The van der Waals surface area contributed by atoms with E-state index in [4.69, 9.17) is 27.9 Å². The summed E-state index contributed by atoms with van der Waals surface area (Å²) >= 11 is 12.1. The zero-order valence-corrected chi connectivity index (χ0v) is 20.5. The summed E-state index contributed by atoms with van der Waals surface area (Å²) in [5.74, 6) is 0.0581. The van der Waals surface area contributed by atoms with Crippen molar-refractivity contribution in [1.82, 2.24) is 0 Å². The normalized spacial score (nSPS) is 11.2. The number of aryl methyl sites for hydroxylation is 1. The fourth-order valence-corrected chi connectivity index (χ4v) is 3.98. The Labute approximate surface area is 214 Å². The van der Waals surface area contributed by atoms with Crippen LogP contribution in [0, 0.1) is 11.3 Å². The van der Waals surface area contributed by atoms with Gasteiger partial charge in [-0.05, 0) is 64.7 Å². The first-order valence-corrected chi connectivity index (χ1v) is 11.8. The predicted octanol–water partition coefficient (Wildman–Crippen LogP) is 7.83. The number of ether oxygens (including phenoxy) is 1. The van der Waals surface area contributed by atoms with Crippen LogP contribution in [0.3, 0.4) is 0 Å². The highest BCUT2D eigenvalue weighted by atomic mass is 35.5. The van der Waals surface area contributed by atoms with E-state index in [-0.39, 0.29) is 12.2 Å². The minimum Gasteiger partial charge on any atom is -0.488 e. The Morgan fingerprint density at radius 2 is 1.71 bits per heavy atom. The van der Waals surface area contributed by atoms with E-state index < -0.39 is 5.91 Å². The fourth-order valence-electron chi connectivity index (χ4n) is 3.66. The smallest absolute Gasteiger partial charge is 0.266 e. The molecule has 4 rings (SSSR count). The second-order valence-corrected chi connectivity index (χ2v) is 8.72. The summed E-state index contributed by atoms with van der Waals surface area (Å²) in [7, 11) is 0. The third-order valence-corrected chi connectivity index (χ3v) is 6.32. The summed E-state index contributed by atoms with van der Waals surface area (Å²) in [5, 5.41) is 15.4. The maximum Gasteiger partial charge on any atom is 0.266 e. The van der Waals surface area contributed by atoms with Crippen molar-refractivity contribution in [2.24, 2.45) is 0 Å². The molecule has 0 aliphatic heterocycles. The van der Waals surface area contributed by atoms with E-state index in [2.05, 4.69) is 12.2 Å². The van der Waals surface area contributed by atoms with Crippen LogP contribution in [-0.2, 0) is 17.8 Å². The fraction of sp³-hybridized carbons (Fsp3) is 0.103. The third-order valence-electron chi connectivity index (χ3n) is 5.58. The van der Waals surface area contributed by atoms with Gasteiger partial charge >= 0.3 is 0 Å². The molecule has 0 spiro atoms. The first-order chi connectivity index (χ1) is 17.0. The van der Waals surface area contributed by atoms with Crippen molar-refractivity contribution in [3.05, 3.63) is 111 Å². The van der Waals surface area contributed by atoms with Gasteiger partial charge in [0, 0.05) is 11.3 Å². The zero-order chi connectivity index (χ0) is 24.8. The predicted molar refractivity (Wildman–Crippen MR) is 143 cm³/mol. The van der Waals surface area contributed by atoms with Gasteiger partial charge in [0.2, 0.25) is 0 Å². The number of halogens is 2. The number of carbonyl (C=O) groups is 1. The molecular weight excluding hydrogens is 479 g/mol. The molecule has 0 heterocycles. The molecule has 1 amide bonds. The Kier molecular flexibility index (Phi) is 7.72. The van der Waals surface area contributed by atoms with E-state index >= 15 is 0 Å². The summed E-state index contributed by atoms with van der Waals surface area (Å²) in [5.41, 5.74) is 3.26. The second-order valence-electron chi connectivity index (χ2n) is 7.91. The summed E-state index contributed by atoms with van der Waals surface area (Å²) in [4.78, 5) is 12.9. The number of fused-ring (bicyclic) bond motifs is 1. The summed E-state index contributed by atoms with van der Waals surface area (Å²) in [6.07, 6.45) is 2.48. The van der Waals surface area contributed by atoms with Gasteiger partial charge in [-0.15, -0.1) is 0 Å². The number of hydrogen-bond acceptors (Lipinski definition) is 3. The molecule has 0 aliphatic rings. The molecule has 0 fully saturated rings. The Hall–Kier alpha value is -3.78. The Bertz CT molecular complexity index is 1450. The molecule has 6 heteroatoms. The van der Waals surface area contributed by atoms with E-state index in [0.29, 0.717) is 27.0 Å². The molecule has 0 aromatic heterocycles. The van der Waals surface area contributed by atoms with Crippen molar-refractivity contribution in [2.75, 3.05) is 5.32 Å². The molecule has 0 saturated heterocycles. The number of amides is 1. The van der Waals surface area contributed by atoms with Gasteiger partial charge in [-0.1, -0.05) is 78.7 Å². The van der Waals surface area contributed by atoms with Crippen molar-refractivity contribution < 1.29 is 9.53 Å². The molecule has 35 heavy (non-hydrogen) atoms. The molecule has 174 valence electrons. The molecular formula is C29H22Cl2N2O2. The number of hydrogen-bond donors (Lipinski definition) is 1. The van der Waals surface area contributed by atoms with E-state index in [0.717, 1.165) is 22.8 Å². The largest absolute Gasteiger partial charge is 0.488 e. The van der Waals surface area contributed by atoms with Gasteiger partial charge in [-0.3, -0.25) is 4.79 Å². The van der Waals surface area contributed by atoms with E-state index in [9.17, 15) is 10.1 Å². The van der Waals surface area contributed by atoms with Crippen LogP contribution in [0.15, 0.2) is 84.4 Å². The van der Waals surface area contributed by atoms with Gasteiger partial charge in [0.1, 0.15) is 24.0 Å². The Morgan fingerprint density at radius 1 is 0.971 bits per heavy atom. The lowest BCUT2D eigenvalue weighted by Crippen LogP contribution is -2.13. The van der Waals surface area contributed by atoms with E-state index in [1.165, 1.54) is 5.56 Å². The van der Waals surface area contributed by atoms with Crippen molar-refractivity contribution in [1.29, 1.82) is 5.26 Å². The quantitative estimate of drug-likeness (QED) is 0.207. The van der Waals surface area contributed by atoms with Crippen LogP contribution >= 0.6 is 23.2 Å². The Morgan fingerprint density at radius 3 is 2.43 bits per heavy atom. The van der Waals surface area contributed by atoms with Crippen LogP contribution < -0.4 is 10.1 Å². The summed E-state index contributed by atoms with van der Waals surface area (Å²) in [6, 6.07) is 26.4. The van der Waals surface area contributed by atoms with Crippen LogP contribution in [-0.4, -0.2) is 5.91 Å². The van der Waals surface area contributed by atoms with Crippen molar-refractivity contribution in [3.63, 3.8) is 0 Å². The second kappa shape index (κ2) is 11.1. The highest BCUT2D eigenvalue weighted by Crippen LogP contribution is 2.32. The van der Waals surface area contributed by atoms with Gasteiger partial charge in [-0.25, -0.2) is 0 Å². The highest BCUT2D eigenvalue weighted by molar-refractivity contribution is 6.42. The number of nitriles is 1. The third kappa shape index (κ3) is 5.84. The SMILES string of the molecule is CCc1ccc(NC(=O)/C(C#N)=C/c2c(OCc3ccc(Cl)c(Cl)c3)ccc3ccccc23)cc1. The number of nitrogens with one attached hydrogen (secondary N) is 1. The average molecular weight is 501 g/mol. The van der Waals surface area contributed by atoms with E-state index in [1.54, 1.807) is 18.2 Å². The van der Waals surface area contributed by atoms with Crippen LogP contribution in [0.1, 0.15) is 23.6 Å². The maximum atomic E-state index is 12.9. The van der Waals surface area contributed by atoms with Crippen molar-refractivity contribution in [2.45, 2.75) is 20.0 Å². The van der Waals surface area contributed by atoms with E-state index in [1.807, 2.05) is 72.8 Å². The lowest BCUT2D eigenvalue weighted by molar-refractivity contribution is -0.112. The molecule has 0 radical (unpaired) electrons. The zero-order valence-electron chi connectivity index (χ0n) is 19.0. The monoisotopic (exact) mass is 500 g/mol. The number of benzene rings is 4. The lowest BCUT2D eigenvalue weighted by atomic mass is 10.0. The topological polar surface area (TPSA) is 62.1 Å². The van der Waals surface area contributed by atoms with Crippen LogP contribution in [0.4, 0.5) is 5.69 Å². The van der Waals surface area contributed by atoms with Gasteiger partial charge in [0.05, 0.1) is 10.0 Å². The highest BCUT2D eigenvalue weighted by Gasteiger charge is 2.14. The summed E-state index contributed by atoms with van der Waals surface area (Å²) in [6.45, 7) is 2.31. The molecule has 0 aliphatic carbocycles. The molecule has 4 aromatic rings. The molecule has 1 N–H and O–H groups in total. The first kappa shape index (κ1) is 24.3. The summed E-state index contributed by atoms with van der Waals surface area (Å²) < 4.78 is 6.11. The first-order valence-electron chi connectivity index (χ1n) is 11.1. The maximum absolute atomic E-state index is 12.9. The van der Waals surface area contributed by atoms with Gasteiger partial charge in [0.25, 0.3) is 5.91 Å². The number of anilines is 1. The molecule has 0 atom stereocenters. The van der Waals surface area contributed by atoms with Crippen LogP contribution in [0.5, 0.6) is 5.75 Å². The number of rotatable bonds is 7. The molecule has 0 unspecified atom stereocenters. The molecule has 4 nitrogen and oxygen atoms in total. The van der Waals surface area contributed by atoms with Crippen molar-refractivity contribution >= 4 is 51.6 Å².